The monoisotopic (exact) mass is 568 g/mol. The van der Waals surface area contributed by atoms with Crippen LogP contribution in [0.1, 0.15) is 47.1 Å². The van der Waals surface area contributed by atoms with Crippen LogP contribution >= 0.6 is 24.0 Å². The van der Waals surface area contributed by atoms with Gasteiger partial charge in [-0.2, -0.15) is 0 Å². The second-order valence-electron chi connectivity index (χ2n) is 8.93. The highest BCUT2D eigenvalue weighted by atomic mass is 127. The van der Waals surface area contributed by atoms with Crippen LogP contribution in [0.3, 0.4) is 0 Å². The molecule has 0 aliphatic heterocycles. The first-order valence-electron chi connectivity index (χ1n) is 9.99. The van der Waals surface area contributed by atoms with Crippen molar-refractivity contribution in [2.45, 2.75) is 58.3 Å². The molecule has 0 unspecified atom stereocenters. The molecule has 8 nitrogen and oxygen atoms in total. The molecule has 1 aromatic rings. The molecule has 0 fully saturated rings. The summed E-state index contributed by atoms with van der Waals surface area (Å²) in [6, 6.07) is 7.51. The quantitative estimate of drug-likeness (QED) is 0.264. The third-order valence-electron chi connectivity index (χ3n) is 4.13. The molecule has 0 aliphatic rings. The van der Waals surface area contributed by atoms with Crippen molar-refractivity contribution in [2.24, 2.45) is 4.99 Å². The van der Waals surface area contributed by atoms with Gasteiger partial charge < -0.3 is 15.4 Å². The Bertz CT molecular complexity index is 826. The number of benzene rings is 1. The molecular formula is C21H37IN4O4S. The summed E-state index contributed by atoms with van der Waals surface area (Å²) in [5, 5.41) is 8.90. The van der Waals surface area contributed by atoms with E-state index in [1.54, 1.807) is 27.8 Å². The van der Waals surface area contributed by atoms with Gasteiger partial charge in [-0.25, -0.2) is 13.2 Å². The summed E-state index contributed by atoms with van der Waals surface area (Å²) in [5.41, 5.74) is 1.21. The Morgan fingerprint density at radius 3 is 2.03 bits per heavy atom. The van der Waals surface area contributed by atoms with Crippen molar-refractivity contribution in [3.8, 4) is 0 Å². The summed E-state index contributed by atoms with van der Waals surface area (Å²) in [5.74, 6) is 0.603. The first-order chi connectivity index (χ1) is 13.7. The fourth-order valence-corrected chi connectivity index (χ4v) is 3.32. The number of sulfone groups is 1. The van der Waals surface area contributed by atoms with E-state index in [1.807, 2.05) is 45.0 Å². The predicted molar refractivity (Wildman–Crippen MR) is 138 cm³/mol. The van der Waals surface area contributed by atoms with E-state index in [0.717, 1.165) is 12.0 Å². The van der Waals surface area contributed by atoms with Crippen LogP contribution in [-0.4, -0.2) is 56.7 Å². The lowest BCUT2D eigenvalue weighted by molar-refractivity contribution is 0.0636. The number of anilines is 1. The first kappa shape index (κ1) is 29.4. The third kappa shape index (κ3) is 11.6. The van der Waals surface area contributed by atoms with E-state index in [0.29, 0.717) is 24.7 Å². The van der Waals surface area contributed by atoms with Crippen LogP contribution in [0, 0.1) is 0 Å². The molecule has 1 amide bonds. The molecular weight excluding hydrogens is 531 g/mol. The molecule has 0 atom stereocenters. The number of carbonyl (C=O) groups is 1. The number of ether oxygens (including phenoxy) is 1. The average Bonchev–Trinajstić information content (AvgIpc) is 2.59. The minimum absolute atomic E-state index is 0. The normalized spacial score (nSPS) is 12.5. The second kappa shape index (κ2) is 12.5. The van der Waals surface area contributed by atoms with E-state index < -0.39 is 26.3 Å². The number of guanidine groups is 1. The maximum Gasteiger partial charge on any atom is 0.412 e. The summed E-state index contributed by atoms with van der Waals surface area (Å²) >= 11 is 0. The lowest BCUT2D eigenvalue weighted by atomic mass is 10.1. The summed E-state index contributed by atoms with van der Waals surface area (Å²) in [7, 11) is -1.53. The van der Waals surface area contributed by atoms with E-state index in [1.165, 1.54) is 0 Å². The minimum atomic E-state index is -3.17. The number of rotatable bonds is 7. The summed E-state index contributed by atoms with van der Waals surface area (Å²) in [6.45, 7) is 11.5. The maximum atomic E-state index is 12.1. The van der Waals surface area contributed by atoms with Crippen molar-refractivity contribution in [1.29, 1.82) is 0 Å². The van der Waals surface area contributed by atoms with Gasteiger partial charge in [0.25, 0.3) is 0 Å². The van der Waals surface area contributed by atoms with Crippen LogP contribution in [0.4, 0.5) is 10.5 Å². The molecule has 0 aromatic heterocycles. The van der Waals surface area contributed by atoms with Gasteiger partial charge in [0.1, 0.15) is 5.60 Å². The van der Waals surface area contributed by atoms with Gasteiger partial charge in [-0.05, 0) is 65.7 Å². The van der Waals surface area contributed by atoms with Crippen LogP contribution in [0.25, 0.3) is 0 Å². The average molecular weight is 569 g/mol. The Balaban J connectivity index is 0.00000900. The van der Waals surface area contributed by atoms with Gasteiger partial charge >= 0.3 is 6.09 Å². The molecule has 178 valence electrons. The van der Waals surface area contributed by atoms with E-state index in [9.17, 15) is 13.2 Å². The standard InChI is InChI=1S/C21H36N4O4S.HI/c1-20(2,3)29-19(26)25-17-10-8-16(9-11-17)12-13-23-18(22-7)24-14-15-30(27,28)21(4,5)6;/h8-11H,12-15H2,1-7H3,(H,25,26)(H2,22,23,24);1H. The predicted octanol–water partition coefficient (Wildman–Crippen LogP) is 3.57. The number of amides is 1. The van der Waals surface area contributed by atoms with Gasteiger partial charge in [-0.15, -0.1) is 24.0 Å². The zero-order valence-corrected chi connectivity index (χ0v) is 22.7. The van der Waals surface area contributed by atoms with Gasteiger partial charge in [0.15, 0.2) is 15.8 Å². The minimum Gasteiger partial charge on any atom is -0.444 e. The van der Waals surface area contributed by atoms with Crippen LogP contribution in [-0.2, 0) is 21.0 Å². The molecule has 10 heteroatoms. The molecule has 0 saturated carbocycles. The highest BCUT2D eigenvalue weighted by molar-refractivity contribution is 14.0. The number of halogens is 1. The number of carbonyl (C=O) groups excluding carboxylic acids is 1. The van der Waals surface area contributed by atoms with Crippen LogP contribution in [0.2, 0.25) is 0 Å². The number of nitrogens with one attached hydrogen (secondary N) is 3. The highest BCUT2D eigenvalue weighted by Crippen LogP contribution is 2.15. The zero-order valence-electron chi connectivity index (χ0n) is 19.5. The van der Waals surface area contributed by atoms with Crippen LogP contribution in [0.15, 0.2) is 29.3 Å². The molecule has 31 heavy (non-hydrogen) atoms. The third-order valence-corrected chi connectivity index (χ3v) is 6.73. The van der Waals surface area contributed by atoms with Gasteiger partial charge in [0, 0.05) is 25.8 Å². The van der Waals surface area contributed by atoms with Crippen LogP contribution < -0.4 is 16.0 Å². The van der Waals surface area contributed by atoms with E-state index in [2.05, 4.69) is 20.9 Å². The van der Waals surface area contributed by atoms with Gasteiger partial charge in [0.2, 0.25) is 0 Å². The Kier molecular flexibility index (Phi) is 11.8. The van der Waals surface area contributed by atoms with Crippen LogP contribution in [0.5, 0.6) is 0 Å². The molecule has 1 aromatic carbocycles. The number of hydrogen-bond acceptors (Lipinski definition) is 5. The van der Waals surface area contributed by atoms with E-state index in [-0.39, 0.29) is 29.7 Å². The van der Waals surface area contributed by atoms with E-state index in [4.69, 9.17) is 4.74 Å². The maximum absolute atomic E-state index is 12.1. The number of hydrogen-bond donors (Lipinski definition) is 3. The molecule has 0 spiro atoms. The fraction of sp³-hybridized carbons (Fsp3) is 0.619. The first-order valence-corrected chi connectivity index (χ1v) is 11.6. The van der Waals surface area contributed by atoms with Crippen molar-refractivity contribution in [1.82, 2.24) is 10.6 Å². The zero-order chi connectivity index (χ0) is 23.0. The molecule has 0 aliphatic carbocycles. The lowest BCUT2D eigenvalue weighted by Crippen LogP contribution is -2.42. The van der Waals surface area contributed by atoms with Gasteiger partial charge in [-0.1, -0.05) is 12.1 Å². The fourth-order valence-electron chi connectivity index (χ4n) is 2.33. The topological polar surface area (TPSA) is 109 Å². The summed E-state index contributed by atoms with van der Waals surface area (Å²) < 4.78 is 28.8. The summed E-state index contributed by atoms with van der Waals surface area (Å²) in [6.07, 6.45) is 0.258. The van der Waals surface area contributed by atoms with Crippen molar-refractivity contribution in [2.75, 3.05) is 31.2 Å². The molecule has 0 heterocycles. The SMILES string of the molecule is CN=C(NCCc1ccc(NC(=O)OC(C)(C)C)cc1)NCCS(=O)(=O)C(C)(C)C.I. The number of nitrogens with zero attached hydrogens (tertiary/aromatic N) is 1. The Morgan fingerprint density at radius 1 is 1.00 bits per heavy atom. The summed E-state index contributed by atoms with van der Waals surface area (Å²) in [4.78, 5) is 15.9. The Morgan fingerprint density at radius 2 is 1.55 bits per heavy atom. The number of aliphatic imine (C=N–C) groups is 1. The smallest absolute Gasteiger partial charge is 0.412 e. The van der Waals surface area contributed by atoms with Crippen molar-refractivity contribution < 1.29 is 17.9 Å². The van der Waals surface area contributed by atoms with Gasteiger partial charge in [-0.3, -0.25) is 10.3 Å². The lowest BCUT2D eigenvalue weighted by Gasteiger charge is -2.20. The Labute approximate surface area is 203 Å². The molecule has 3 N–H and O–H groups in total. The molecule has 0 radical (unpaired) electrons. The Hall–Kier alpha value is -1.56. The van der Waals surface area contributed by atoms with Crippen molar-refractivity contribution in [3.63, 3.8) is 0 Å². The highest BCUT2D eigenvalue weighted by Gasteiger charge is 2.28. The van der Waals surface area contributed by atoms with Crippen molar-refractivity contribution >= 4 is 51.6 Å². The van der Waals surface area contributed by atoms with E-state index >= 15 is 0 Å². The van der Waals surface area contributed by atoms with Crippen molar-refractivity contribution in [3.05, 3.63) is 29.8 Å². The molecule has 1 rings (SSSR count). The second-order valence-corrected chi connectivity index (χ2v) is 11.8. The molecule has 0 saturated heterocycles. The molecule has 0 bridgehead atoms. The van der Waals surface area contributed by atoms with Gasteiger partial charge in [0.05, 0.1) is 10.5 Å². The largest absolute Gasteiger partial charge is 0.444 e.